The maximum Gasteiger partial charge on any atom is 0.407 e. The first kappa shape index (κ1) is 20.6. The van der Waals surface area contributed by atoms with Gasteiger partial charge in [0, 0.05) is 23.7 Å². The lowest BCUT2D eigenvalue weighted by Crippen LogP contribution is -2.38. The highest BCUT2D eigenvalue weighted by molar-refractivity contribution is 5.68. The predicted molar refractivity (Wildman–Crippen MR) is 116 cm³/mol. The SMILES string of the molecule is CCOC(=O)N[C@H]1C[C@H]2CCCC[C@H]2[C@@H]1/C=C/c1ccc(-c2cccc(F)c2)cn1. The van der Waals surface area contributed by atoms with Crippen molar-refractivity contribution in [3.63, 3.8) is 0 Å². The first-order valence-electron chi connectivity index (χ1n) is 11.0. The number of benzene rings is 1. The summed E-state index contributed by atoms with van der Waals surface area (Å²) < 4.78 is 18.6. The van der Waals surface area contributed by atoms with Crippen molar-refractivity contribution in [2.24, 2.45) is 17.8 Å². The average molecular weight is 409 g/mol. The van der Waals surface area contributed by atoms with Gasteiger partial charge in [0.1, 0.15) is 5.82 Å². The van der Waals surface area contributed by atoms with E-state index in [1.165, 1.54) is 37.8 Å². The maximum absolute atomic E-state index is 13.5. The second-order valence-corrected chi connectivity index (χ2v) is 8.33. The fourth-order valence-electron chi connectivity index (χ4n) is 5.13. The summed E-state index contributed by atoms with van der Waals surface area (Å²) in [5.41, 5.74) is 2.57. The molecule has 4 atom stereocenters. The lowest BCUT2D eigenvalue weighted by atomic mass is 9.78. The third-order valence-electron chi connectivity index (χ3n) is 6.50. The van der Waals surface area contributed by atoms with Crippen molar-refractivity contribution < 1.29 is 13.9 Å². The summed E-state index contributed by atoms with van der Waals surface area (Å²) in [7, 11) is 0. The molecule has 4 rings (SSSR count). The molecule has 158 valence electrons. The molecule has 2 aromatic rings. The molecule has 2 aliphatic carbocycles. The Morgan fingerprint density at radius 1 is 1.23 bits per heavy atom. The molecule has 0 unspecified atom stereocenters. The van der Waals surface area contributed by atoms with Crippen LogP contribution in [-0.2, 0) is 4.74 Å². The van der Waals surface area contributed by atoms with Gasteiger partial charge in [0.15, 0.2) is 0 Å². The highest BCUT2D eigenvalue weighted by Crippen LogP contribution is 2.46. The van der Waals surface area contributed by atoms with E-state index in [1.807, 2.05) is 25.1 Å². The van der Waals surface area contributed by atoms with Gasteiger partial charge in [0.2, 0.25) is 0 Å². The highest BCUT2D eigenvalue weighted by atomic mass is 19.1. The lowest BCUT2D eigenvalue weighted by Gasteiger charge is -2.28. The third-order valence-corrected chi connectivity index (χ3v) is 6.50. The summed E-state index contributed by atoms with van der Waals surface area (Å²) in [4.78, 5) is 16.6. The third kappa shape index (κ3) is 4.72. The van der Waals surface area contributed by atoms with E-state index in [9.17, 15) is 9.18 Å². The van der Waals surface area contributed by atoms with E-state index in [0.29, 0.717) is 24.4 Å². The van der Waals surface area contributed by atoms with E-state index in [4.69, 9.17) is 4.74 Å². The molecule has 0 radical (unpaired) electrons. The van der Waals surface area contributed by atoms with Crippen LogP contribution in [0.2, 0.25) is 0 Å². The minimum absolute atomic E-state index is 0.111. The van der Waals surface area contributed by atoms with Gasteiger partial charge in [-0.1, -0.05) is 43.5 Å². The fourth-order valence-corrected chi connectivity index (χ4v) is 5.13. The van der Waals surface area contributed by atoms with E-state index in [0.717, 1.165) is 23.2 Å². The number of pyridine rings is 1. The van der Waals surface area contributed by atoms with Crippen LogP contribution in [-0.4, -0.2) is 23.7 Å². The minimum atomic E-state index is -0.322. The summed E-state index contributed by atoms with van der Waals surface area (Å²) in [5.74, 6) is 1.32. The van der Waals surface area contributed by atoms with Crippen molar-refractivity contribution in [1.82, 2.24) is 10.3 Å². The number of aromatic nitrogens is 1. The Bertz CT molecular complexity index is 896. The van der Waals surface area contributed by atoms with E-state index in [1.54, 1.807) is 12.3 Å². The second kappa shape index (κ2) is 9.41. The Balaban J connectivity index is 1.49. The zero-order chi connectivity index (χ0) is 20.9. The molecule has 1 heterocycles. The number of halogens is 1. The molecule has 2 saturated carbocycles. The van der Waals surface area contributed by atoms with E-state index < -0.39 is 0 Å². The Morgan fingerprint density at radius 2 is 2.10 bits per heavy atom. The number of carbonyl (C=O) groups is 1. The Hall–Kier alpha value is -2.69. The van der Waals surface area contributed by atoms with E-state index in [2.05, 4.69) is 22.5 Å². The lowest BCUT2D eigenvalue weighted by molar-refractivity contribution is 0.146. The standard InChI is InChI=1S/C25H29FN2O2/c1-2-30-25(29)28-24-15-18-6-3-4-9-22(18)23(24)13-12-21-11-10-19(16-27-21)17-7-5-8-20(26)14-17/h5,7-8,10-14,16,18,22-24H,2-4,6,9,15H2,1H3,(H,28,29)/b13-12+/t18-,22-,23+,24+/m1/s1. The minimum Gasteiger partial charge on any atom is -0.450 e. The van der Waals surface area contributed by atoms with E-state index >= 15 is 0 Å². The zero-order valence-corrected chi connectivity index (χ0v) is 17.4. The molecule has 5 heteroatoms. The molecule has 0 saturated heterocycles. The molecule has 4 nitrogen and oxygen atoms in total. The molecular formula is C25H29FN2O2. The van der Waals surface area contributed by atoms with Crippen LogP contribution in [0, 0.1) is 23.6 Å². The number of hydrogen-bond donors (Lipinski definition) is 1. The number of nitrogens with zero attached hydrogens (tertiary/aromatic N) is 1. The molecule has 0 spiro atoms. The van der Waals surface area contributed by atoms with Crippen molar-refractivity contribution in [1.29, 1.82) is 0 Å². The van der Waals surface area contributed by atoms with Gasteiger partial charge in [-0.05, 0) is 61.4 Å². The number of carbonyl (C=O) groups excluding carboxylic acids is 1. The molecule has 1 N–H and O–H groups in total. The number of alkyl carbamates (subject to hydrolysis) is 1. The monoisotopic (exact) mass is 408 g/mol. The fraction of sp³-hybridized carbons (Fsp3) is 0.440. The van der Waals surface area contributed by atoms with Crippen LogP contribution in [0.3, 0.4) is 0 Å². The molecule has 1 aromatic carbocycles. The normalized spacial score (nSPS) is 25.8. The van der Waals surface area contributed by atoms with Crippen LogP contribution < -0.4 is 5.32 Å². The summed E-state index contributed by atoms with van der Waals surface area (Å²) in [6.45, 7) is 2.21. The molecule has 2 aliphatic rings. The van der Waals surface area contributed by atoms with Gasteiger partial charge < -0.3 is 10.1 Å². The Kier molecular flexibility index (Phi) is 6.46. The van der Waals surface area contributed by atoms with Gasteiger partial charge >= 0.3 is 6.09 Å². The van der Waals surface area contributed by atoms with E-state index in [-0.39, 0.29) is 18.0 Å². The molecular weight excluding hydrogens is 379 g/mol. The van der Waals surface area contributed by atoms with Gasteiger partial charge in [-0.2, -0.15) is 0 Å². The zero-order valence-electron chi connectivity index (χ0n) is 17.4. The number of nitrogens with one attached hydrogen (secondary N) is 1. The van der Waals surface area contributed by atoms with Crippen LogP contribution in [0.15, 0.2) is 48.7 Å². The van der Waals surface area contributed by atoms with Gasteiger partial charge in [0.05, 0.1) is 12.3 Å². The van der Waals surface area contributed by atoms with Crippen LogP contribution in [0.4, 0.5) is 9.18 Å². The van der Waals surface area contributed by atoms with Gasteiger partial charge in [-0.25, -0.2) is 9.18 Å². The average Bonchev–Trinajstić information content (AvgIpc) is 3.09. The van der Waals surface area contributed by atoms with Crippen LogP contribution >= 0.6 is 0 Å². The largest absolute Gasteiger partial charge is 0.450 e. The number of hydrogen-bond acceptors (Lipinski definition) is 3. The Labute approximate surface area is 177 Å². The maximum atomic E-state index is 13.5. The summed E-state index contributed by atoms with van der Waals surface area (Å²) >= 11 is 0. The van der Waals surface area contributed by atoms with Crippen molar-refractivity contribution in [2.45, 2.75) is 45.1 Å². The van der Waals surface area contributed by atoms with Crippen molar-refractivity contribution in [3.05, 3.63) is 60.2 Å². The molecule has 0 bridgehead atoms. The number of rotatable bonds is 5. The number of amides is 1. The van der Waals surface area contributed by atoms with Crippen molar-refractivity contribution >= 4 is 12.2 Å². The van der Waals surface area contributed by atoms with Gasteiger partial charge in [0.25, 0.3) is 0 Å². The molecule has 30 heavy (non-hydrogen) atoms. The van der Waals surface area contributed by atoms with Crippen LogP contribution in [0.1, 0.15) is 44.7 Å². The Morgan fingerprint density at radius 3 is 2.87 bits per heavy atom. The van der Waals surface area contributed by atoms with Crippen molar-refractivity contribution in [2.75, 3.05) is 6.61 Å². The summed E-state index contributed by atoms with van der Waals surface area (Å²) in [6, 6.07) is 10.6. The molecule has 2 fully saturated rings. The summed E-state index contributed by atoms with van der Waals surface area (Å²) in [5, 5.41) is 3.09. The van der Waals surface area contributed by atoms with Crippen LogP contribution in [0.25, 0.3) is 17.2 Å². The number of ether oxygens (including phenoxy) is 1. The second-order valence-electron chi connectivity index (χ2n) is 8.33. The summed E-state index contributed by atoms with van der Waals surface area (Å²) in [6.07, 6.45) is 11.8. The molecule has 0 aliphatic heterocycles. The highest BCUT2D eigenvalue weighted by Gasteiger charge is 2.43. The van der Waals surface area contributed by atoms with Crippen LogP contribution in [0.5, 0.6) is 0 Å². The van der Waals surface area contributed by atoms with Crippen molar-refractivity contribution in [3.8, 4) is 11.1 Å². The quantitative estimate of drug-likeness (QED) is 0.676. The smallest absolute Gasteiger partial charge is 0.407 e. The van der Waals surface area contributed by atoms with Gasteiger partial charge in [-0.3, -0.25) is 4.98 Å². The molecule has 1 aromatic heterocycles. The first-order chi connectivity index (χ1) is 14.6. The van der Waals surface area contributed by atoms with Gasteiger partial charge in [-0.15, -0.1) is 0 Å². The number of fused-ring (bicyclic) bond motifs is 1. The first-order valence-corrected chi connectivity index (χ1v) is 11.0. The molecule has 1 amide bonds. The predicted octanol–water partition coefficient (Wildman–Crippen LogP) is 5.84. The topological polar surface area (TPSA) is 51.2 Å².